The van der Waals surface area contributed by atoms with Gasteiger partial charge in [0.15, 0.2) is 0 Å². The molecule has 0 saturated heterocycles. The van der Waals surface area contributed by atoms with Gasteiger partial charge in [0.25, 0.3) is 0 Å². The Balaban J connectivity index is 2.55. The zero-order valence-electron chi connectivity index (χ0n) is 10.3. The minimum absolute atomic E-state index is 0.398. The number of nitrogens with zero attached hydrogens (tertiary/aromatic N) is 2. The van der Waals surface area contributed by atoms with Crippen LogP contribution in [0.15, 0.2) is 12.4 Å². The molecule has 0 aliphatic rings. The van der Waals surface area contributed by atoms with Crippen LogP contribution in [0, 0.1) is 0 Å². The second kappa shape index (κ2) is 5.91. The summed E-state index contributed by atoms with van der Waals surface area (Å²) in [5, 5.41) is 7.91. The third kappa shape index (κ3) is 3.34. The Morgan fingerprint density at radius 1 is 1.33 bits per heavy atom. The topological polar surface area (TPSA) is 29.9 Å². The smallest absolute Gasteiger partial charge is 0.0537 e. The van der Waals surface area contributed by atoms with E-state index in [4.69, 9.17) is 0 Å². The van der Waals surface area contributed by atoms with Gasteiger partial charge in [0, 0.05) is 30.4 Å². The lowest BCUT2D eigenvalue weighted by atomic mass is 10.1. The van der Waals surface area contributed by atoms with Crippen molar-refractivity contribution in [3.8, 4) is 0 Å². The van der Waals surface area contributed by atoms with Gasteiger partial charge >= 0.3 is 0 Å². The molecule has 1 aromatic rings. The first-order valence-corrected chi connectivity index (χ1v) is 5.99. The third-order valence-corrected chi connectivity index (χ3v) is 2.95. The van der Waals surface area contributed by atoms with Crippen molar-refractivity contribution in [2.45, 2.75) is 59.2 Å². The van der Waals surface area contributed by atoms with Gasteiger partial charge in [-0.2, -0.15) is 5.10 Å². The molecule has 0 saturated carbocycles. The van der Waals surface area contributed by atoms with E-state index in [9.17, 15) is 0 Å². The number of aromatic nitrogens is 2. The van der Waals surface area contributed by atoms with Crippen LogP contribution in [0.1, 0.15) is 52.1 Å². The molecule has 1 rings (SSSR count). The lowest BCUT2D eigenvalue weighted by Crippen LogP contribution is -2.30. The SMILES string of the molecule is CCC(CC)NC(C)c1cnn(CC)c1. The normalized spacial score (nSPS) is 13.4. The van der Waals surface area contributed by atoms with Gasteiger partial charge in [-0.15, -0.1) is 0 Å². The van der Waals surface area contributed by atoms with Crippen LogP contribution in [0.5, 0.6) is 0 Å². The van der Waals surface area contributed by atoms with E-state index in [1.165, 1.54) is 18.4 Å². The van der Waals surface area contributed by atoms with Crippen LogP contribution in [-0.2, 0) is 6.54 Å². The Morgan fingerprint density at radius 2 is 2.00 bits per heavy atom. The first-order valence-electron chi connectivity index (χ1n) is 5.99. The van der Waals surface area contributed by atoms with Gasteiger partial charge in [-0.25, -0.2) is 0 Å². The molecule has 0 aliphatic carbocycles. The zero-order chi connectivity index (χ0) is 11.3. The van der Waals surface area contributed by atoms with Crippen molar-refractivity contribution in [1.29, 1.82) is 0 Å². The summed E-state index contributed by atoms with van der Waals surface area (Å²) in [5.74, 6) is 0. The Morgan fingerprint density at radius 3 is 2.47 bits per heavy atom. The number of nitrogens with one attached hydrogen (secondary N) is 1. The highest BCUT2D eigenvalue weighted by molar-refractivity contribution is 5.09. The van der Waals surface area contributed by atoms with Crippen molar-refractivity contribution in [3.63, 3.8) is 0 Å². The molecule has 15 heavy (non-hydrogen) atoms. The number of hydrogen-bond donors (Lipinski definition) is 1. The Kier molecular flexibility index (Phi) is 4.82. The molecule has 0 spiro atoms. The first kappa shape index (κ1) is 12.2. The summed E-state index contributed by atoms with van der Waals surface area (Å²) in [6, 6.07) is 1.01. The largest absolute Gasteiger partial charge is 0.307 e. The van der Waals surface area contributed by atoms with Gasteiger partial charge in [0.05, 0.1) is 6.20 Å². The molecule has 3 heteroatoms. The molecule has 0 fully saturated rings. The van der Waals surface area contributed by atoms with E-state index < -0.39 is 0 Å². The third-order valence-electron chi connectivity index (χ3n) is 2.95. The number of aryl methyl sites for hydroxylation is 1. The summed E-state index contributed by atoms with van der Waals surface area (Å²) in [6.45, 7) is 9.70. The quantitative estimate of drug-likeness (QED) is 0.780. The van der Waals surface area contributed by atoms with Crippen molar-refractivity contribution < 1.29 is 0 Å². The van der Waals surface area contributed by atoms with Crippen molar-refractivity contribution in [1.82, 2.24) is 15.1 Å². The Hall–Kier alpha value is -0.830. The predicted octanol–water partition coefficient (Wildman–Crippen LogP) is 2.74. The van der Waals surface area contributed by atoms with Crippen molar-refractivity contribution in [2.75, 3.05) is 0 Å². The summed E-state index contributed by atoms with van der Waals surface area (Å²) < 4.78 is 1.97. The minimum Gasteiger partial charge on any atom is -0.307 e. The lowest BCUT2D eigenvalue weighted by Gasteiger charge is -2.19. The van der Waals surface area contributed by atoms with Gasteiger partial charge in [-0.05, 0) is 26.7 Å². The molecule has 0 radical (unpaired) electrons. The van der Waals surface area contributed by atoms with Crippen LogP contribution in [0.4, 0.5) is 0 Å². The summed E-state index contributed by atoms with van der Waals surface area (Å²) in [7, 11) is 0. The number of rotatable bonds is 6. The molecule has 1 heterocycles. The van der Waals surface area contributed by atoms with Gasteiger partial charge in [-0.1, -0.05) is 13.8 Å². The average molecular weight is 209 g/mol. The molecule has 86 valence electrons. The molecule has 1 atom stereocenters. The minimum atomic E-state index is 0.398. The average Bonchev–Trinajstić information content (AvgIpc) is 2.74. The maximum absolute atomic E-state index is 4.29. The molecule has 1 aromatic heterocycles. The van der Waals surface area contributed by atoms with E-state index in [1.54, 1.807) is 0 Å². The van der Waals surface area contributed by atoms with Gasteiger partial charge < -0.3 is 5.32 Å². The maximum atomic E-state index is 4.29. The summed E-state index contributed by atoms with van der Waals surface area (Å²) in [6.07, 6.45) is 6.45. The van der Waals surface area contributed by atoms with Gasteiger partial charge in [0.2, 0.25) is 0 Å². The van der Waals surface area contributed by atoms with E-state index in [0.717, 1.165) is 6.54 Å². The molecule has 1 unspecified atom stereocenters. The van der Waals surface area contributed by atoms with E-state index in [2.05, 4.69) is 44.3 Å². The van der Waals surface area contributed by atoms with E-state index >= 15 is 0 Å². The van der Waals surface area contributed by atoms with Gasteiger partial charge in [0.1, 0.15) is 0 Å². The fourth-order valence-electron chi connectivity index (χ4n) is 1.75. The highest BCUT2D eigenvalue weighted by atomic mass is 15.3. The van der Waals surface area contributed by atoms with E-state index in [1.807, 2.05) is 10.9 Å². The summed E-state index contributed by atoms with van der Waals surface area (Å²) in [5.41, 5.74) is 1.28. The highest BCUT2D eigenvalue weighted by Gasteiger charge is 2.11. The van der Waals surface area contributed by atoms with E-state index in [-0.39, 0.29) is 0 Å². The second-order valence-corrected chi connectivity index (χ2v) is 4.03. The van der Waals surface area contributed by atoms with Gasteiger partial charge in [-0.3, -0.25) is 4.68 Å². The highest BCUT2D eigenvalue weighted by Crippen LogP contribution is 2.13. The van der Waals surface area contributed by atoms with Crippen LogP contribution in [0.25, 0.3) is 0 Å². The maximum Gasteiger partial charge on any atom is 0.0537 e. The fraction of sp³-hybridized carbons (Fsp3) is 0.750. The fourth-order valence-corrected chi connectivity index (χ4v) is 1.75. The summed E-state index contributed by atoms with van der Waals surface area (Å²) >= 11 is 0. The molecule has 1 N–H and O–H groups in total. The van der Waals surface area contributed by atoms with E-state index in [0.29, 0.717) is 12.1 Å². The van der Waals surface area contributed by atoms with Crippen molar-refractivity contribution in [2.24, 2.45) is 0 Å². The standard InChI is InChI=1S/C12H23N3/c1-5-12(6-2)14-10(4)11-8-13-15(7-3)9-11/h8-10,12,14H,5-7H2,1-4H3. The second-order valence-electron chi connectivity index (χ2n) is 4.03. The Bertz CT molecular complexity index is 276. The van der Waals surface area contributed by atoms with Crippen LogP contribution in [0.3, 0.4) is 0 Å². The molecular formula is C12H23N3. The monoisotopic (exact) mass is 209 g/mol. The van der Waals surface area contributed by atoms with Crippen molar-refractivity contribution in [3.05, 3.63) is 18.0 Å². The molecule has 3 nitrogen and oxygen atoms in total. The lowest BCUT2D eigenvalue weighted by molar-refractivity contribution is 0.432. The van der Waals surface area contributed by atoms with Crippen LogP contribution < -0.4 is 5.32 Å². The number of hydrogen-bond acceptors (Lipinski definition) is 2. The molecule has 0 aromatic carbocycles. The molecular weight excluding hydrogens is 186 g/mol. The molecule has 0 bridgehead atoms. The predicted molar refractivity (Wildman–Crippen MR) is 63.8 cm³/mol. The molecule has 0 amide bonds. The zero-order valence-corrected chi connectivity index (χ0v) is 10.3. The van der Waals surface area contributed by atoms with Crippen molar-refractivity contribution >= 4 is 0 Å². The first-order chi connectivity index (χ1) is 7.21. The summed E-state index contributed by atoms with van der Waals surface area (Å²) in [4.78, 5) is 0. The Labute approximate surface area is 92.9 Å². The van der Waals surface area contributed by atoms with Crippen LogP contribution >= 0.6 is 0 Å². The molecule has 0 aliphatic heterocycles. The van der Waals surface area contributed by atoms with Crippen LogP contribution in [-0.4, -0.2) is 15.8 Å². The van der Waals surface area contributed by atoms with Crippen LogP contribution in [0.2, 0.25) is 0 Å².